The lowest BCUT2D eigenvalue weighted by atomic mass is 9.99. The number of aromatic nitrogens is 2. The fourth-order valence-corrected chi connectivity index (χ4v) is 3.24. The van der Waals surface area contributed by atoms with Crippen molar-refractivity contribution in [2.24, 2.45) is 5.73 Å². The van der Waals surface area contributed by atoms with Gasteiger partial charge in [0.15, 0.2) is 9.84 Å². The van der Waals surface area contributed by atoms with E-state index in [-0.39, 0.29) is 0 Å². The molecule has 0 amide bonds. The predicted molar refractivity (Wildman–Crippen MR) is 80.3 cm³/mol. The Kier molecular flexibility index (Phi) is 4.25. The number of hydrogen-bond donors (Lipinski definition) is 1. The molecule has 1 aromatic rings. The van der Waals surface area contributed by atoms with Gasteiger partial charge in [0.1, 0.15) is 0 Å². The smallest absolute Gasteiger partial charge is 0.154 e. The van der Waals surface area contributed by atoms with Crippen molar-refractivity contribution in [2.45, 2.75) is 62.8 Å². The highest BCUT2D eigenvalue weighted by molar-refractivity contribution is 7.92. The molecule has 1 atom stereocenters. The first-order chi connectivity index (χ1) is 9.22. The van der Waals surface area contributed by atoms with Gasteiger partial charge in [0.05, 0.1) is 16.5 Å². The van der Waals surface area contributed by atoms with Crippen LogP contribution in [0.3, 0.4) is 0 Å². The van der Waals surface area contributed by atoms with Crippen LogP contribution >= 0.6 is 0 Å². The summed E-state index contributed by atoms with van der Waals surface area (Å²) in [6.07, 6.45) is 8.61. The molecule has 0 bridgehead atoms. The van der Waals surface area contributed by atoms with Crippen molar-refractivity contribution >= 4 is 9.84 Å². The average molecular weight is 299 g/mol. The van der Waals surface area contributed by atoms with Crippen LogP contribution in [0.15, 0.2) is 12.3 Å². The largest absolute Gasteiger partial charge is 0.326 e. The van der Waals surface area contributed by atoms with Crippen molar-refractivity contribution in [1.29, 1.82) is 0 Å². The molecule has 0 radical (unpaired) electrons. The summed E-state index contributed by atoms with van der Waals surface area (Å²) in [5, 5.41) is 4.57. The Bertz CT molecular complexity index is 557. The lowest BCUT2D eigenvalue weighted by molar-refractivity contribution is 0.450. The minimum atomic E-state index is -3.19. The van der Waals surface area contributed by atoms with E-state index in [1.54, 1.807) is 13.8 Å². The van der Waals surface area contributed by atoms with Crippen molar-refractivity contribution in [1.82, 2.24) is 9.78 Å². The fourth-order valence-electron chi connectivity index (χ4n) is 2.60. The molecule has 20 heavy (non-hydrogen) atoms. The Labute approximate surface area is 121 Å². The van der Waals surface area contributed by atoms with E-state index < -0.39 is 20.6 Å². The highest BCUT2D eigenvalue weighted by Crippen LogP contribution is 2.29. The van der Waals surface area contributed by atoms with Crippen LogP contribution in [0.2, 0.25) is 0 Å². The van der Waals surface area contributed by atoms with Crippen molar-refractivity contribution in [3.05, 3.63) is 18.0 Å². The molecule has 1 unspecified atom stereocenters. The Hall–Kier alpha value is -0.880. The molecule has 114 valence electrons. The van der Waals surface area contributed by atoms with Gasteiger partial charge in [-0.25, -0.2) is 8.42 Å². The second-order valence-electron chi connectivity index (χ2n) is 6.41. The molecule has 2 N–H and O–H groups in total. The maximum Gasteiger partial charge on any atom is 0.154 e. The number of nitrogens with two attached hydrogens (primary N) is 1. The van der Waals surface area contributed by atoms with Gasteiger partial charge in [-0.15, -0.1) is 0 Å². The third kappa shape index (κ3) is 3.06. The summed E-state index contributed by atoms with van der Waals surface area (Å²) in [5.41, 5.74) is 6.98. The van der Waals surface area contributed by atoms with Crippen molar-refractivity contribution in [2.75, 3.05) is 6.26 Å². The summed E-state index contributed by atoms with van der Waals surface area (Å²) in [7, 11) is -3.19. The van der Waals surface area contributed by atoms with Gasteiger partial charge in [0.25, 0.3) is 0 Å². The number of sulfone groups is 1. The Morgan fingerprint density at radius 1 is 1.45 bits per heavy atom. The molecule has 2 rings (SSSR count). The number of rotatable bonds is 5. The Morgan fingerprint density at radius 2 is 2.05 bits per heavy atom. The van der Waals surface area contributed by atoms with Gasteiger partial charge >= 0.3 is 0 Å². The zero-order valence-corrected chi connectivity index (χ0v) is 13.4. The molecule has 1 aliphatic rings. The normalized spacial score (nSPS) is 19.4. The molecule has 0 saturated heterocycles. The van der Waals surface area contributed by atoms with Crippen LogP contribution in [0.4, 0.5) is 0 Å². The molecule has 6 heteroatoms. The number of hydrogen-bond acceptors (Lipinski definition) is 4. The van der Waals surface area contributed by atoms with Gasteiger partial charge in [-0.05, 0) is 32.8 Å². The van der Waals surface area contributed by atoms with Gasteiger partial charge in [0, 0.05) is 24.9 Å². The third-order valence-corrected chi connectivity index (χ3v) is 6.85. The van der Waals surface area contributed by atoms with Crippen molar-refractivity contribution in [3.63, 3.8) is 0 Å². The van der Waals surface area contributed by atoms with E-state index in [1.807, 2.05) is 16.9 Å². The van der Waals surface area contributed by atoms with E-state index in [2.05, 4.69) is 5.10 Å². The molecule has 5 nitrogen and oxygen atoms in total. The highest BCUT2D eigenvalue weighted by Gasteiger charge is 2.37. The first-order valence-electron chi connectivity index (χ1n) is 7.21. The van der Waals surface area contributed by atoms with E-state index in [4.69, 9.17) is 5.73 Å². The van der Waals surface area contributed by atoms with E-state index >= 15 is 0 Å². The van der Waals surface area contributed by atoms with Crippen LogP contribution in [0.5, 0.6) is 0 Å². The van der Waals surface area contributed by atoms with Crippen LogP contribution in [0, 0.1) is 0 Å². The van der Waals surface area contributed by atoms with E-state index in [1.165, 1.54) is 31.9 Å². The van der Waals surface area contributed by atoms with Gasteiger partial charge in [-0.2, -0.15) is 5.10 Å². The van der Waals surface area contributed by atoms with E-state index in [0.717, 1.165) is 5.69 Å². The molecular weight excluding hydrogens is 274 g/mol. The average Bonchev–Trinajstić information content (AvgIpc) is 2.96. The summed E-state index contributed by atoms with van der Waals surface area (Å²) < 4.78 is 24.7. The zero-order valence-electron chi connectivity index (χ0n) is 12.5. The van der Waals surface area contributed by atoms with Gasteiger partial charge < -0.3 is 5.73 Å². The second-order valence-corrected chi connectivity index (χ2v) is 9.01. The summed E-state index contributed by atoms with van der Waals surface area (Å²) in [6.45, 7) is 3.36. The van der Waals surface area contributed by atoms with Crippen molar-refractivity contribution < 1.29 is 8.42 Å². The molecule has 1 aliphatic carbocycles. The van der Waals surface area contributed by atoms with Crippen LogP contribution < -0.4 is 5.73 Å². The molecule has 1 saturated carbocycles. The first-order valence-corrected chi connectivity index (χ1v) is 9.10. The zero-order chi connectivity index (χ0) is 15.0. The minimum absolute atomic E-state index is 0.454. The highest BCUT2D eigenvalue weighted by atomic mass is 32.2. The van der Waals surface area contributed by atoms with Gasteiger partial charge in [-0.1, -0.05) is 12.8 Å². The second kappa shape index (κ2) is 5.48. The fraction of sp³-hybridized carbons (Fsp3) is 0.786. The van der Waals surface area contributed by atoms with Crippen LogP contribution in [0.25, 0.3) is 0 Å². The minimum Gasteiger partial charge on any atom is -0.326 e. The van der Waals surface area contributed by atoms with Gasteiger partial charge in [-0.3, -0.25) is 4.68 Å². The van der Waals surface area contributed by atoms with Crippen LogP contribution in [0.1, 0.15) is 51.3 Å². The molecule has 1 fully saturated rings. The molecular formula is C14H25N3O2S. The van der Waals surface area contributed by atoms with Crippen LogP contribution in [-0.4, -0.2) is 35.2 Å². The Morgan fingerprint density at radius 3 is 2.60 bits per heavy atom. The lowest BCUT2D eigenvalue weighted by Crippen LogP contribution is -2.50. The molecule has 0 aliphatic heterocycles. The maximum atomic E-state index is 11.8. The molecule has 1 aromatic heterocycles. The van der Waals surface area contributed by atoms with Gasteiger partial charge in [0.2, 0.25) is 0 Å². The molecule has 1 heterocycles. The topological polar surface area (TPSA) is 78.0 Å². The Balaban J connectivity index is 2.07. The standard InChI is InChI=1S/C14H25N3O2S/c1-14(2,20(3,18)19)13(15)10-11-8-9-17(16-11)12-6-4-5-7-12/h8-9,12-13H,4-7,10,15H2,1-3H3. The lowest BCUT2D eigenvalue weighted by Gasteiger charge is -2.29. The summed E-state index contributed by atoms with van der Waals surface area (Å²) >= 11 is 0. The quantitative estimate of drug-likeness (QED) is 0.897. The van der Waals surface area contributed by atoms with E-state index in [0.29, 0.717) is 12.5 Å². The summed E-state index contributed by atoms with van der Waals surface area (Å²) in [6, 6.07) is 2.00. The third-order valence-electron chi connectivity index (χ3n) is 4.64. The summed E-state index contributed by atoms with van der Waals surface area (Å²) in [5.74, 6) is 0. The molecule has 0 spiro atoms. The predicted octanol–water partition coefficient (Wildman–Crippen LogP) is 1.69. The van der Waals surface area contributed by atoms with E-state index in [9.17, 15) is 8.42 Å². The van der Waals surface area contributed by atoms with Crippen molar-refractivity contribution in [3.8, 4) is 0 Å². The SMILES string of the molecule is CC(C)(C(N)Cc1ccn(C2CCCC2)n1)S(C)(=O)=O. The first kappa shape index (κ1) is 15.5. The monoisotopic (exact) mass is 299 g/mol. The van der Waals surface area contributed by atoms with Crippen LogP contribution in [-0.2, 0) is 16.3 Å². The number of nitrogens with zero attached hydrogens (tertiary/aromatic N) is 2. The molecule has 0 aromatic carbocycles. The summed E-state index contributed by atoms with van der Waals surface area (Å²) in [4.78, 5) is 0. The maximum absolute atomic E-state index is 11.8.